The van der Waals surface area contributed by atoms with E-state index in [-0.39, 0.29) is 24.5 Å². The average molecular weight is 227 g/mol. The van der Waals surface area contributed by atoms with Gasteiger partial charge in [-0.05, 0) is 31.6 Å². The lowest BCUT2D eigenvalue weighted by atomic mass is 10.1. The predicted molar refractivity (Wildman–Crippen MR) is 55.9 cm³/mol. The number of carboxylic acids is 1. The van der Waals surface area contributed by atoms with Gasteiger partial charge in [0.05, 0.1) is 6.42 Å². The molecule has 1 amide bonds. The van der Waals surface area contributed by atoms with Crippen LogP contribution < -0.4 is 5.32 Å². The van der Waals surface area contributed by atoms with E-state index < -0.39 is 5.97 Å². The van der Waals surface area contributed by atoms with Crippen molar-refractivity contribution in [1.29, 1.82) is 0 Å². The highest BCUT2D eigenvalue weighted by atomic mass is 16.5. The van der Waals surface area contributed by atoms with Crippen molar-refractivity contribution < 1.29 is 19.4 Å². The van der Waals surface area contributed by atoms with Crippen molar-refractivity contribution >= 4 is 11.9 Å². The third-order valence-electron chi connectivity index (χ3n) is 3.14. The number of nitrogens with one attached hydrogen (secondary N) is 1. The maximum atomic E-state index is 11.7. The van der Waals surface area contributed by atoms with Crippen LogP contribution in [0.2, 0.25) is 0 Å². The standard InChI is InChI=1S/C11H17NO4/c13-10(14)6-8(7-3-4-7)12-11(15)9-2-1-5-16-9/h7-9H,1-6H2,(H,12,15)(H,13,14). The van der Waals surface area contributed by atoms with Gasteiger partial charge in [-0.3, -0.25) is 9.59 Å². The van der Waals surface area contributed by atoms with Crippen molar-refractivity contribution in [2.75, 3.05) is 6.61 Å². The van der Waals surface area contributed by atoms with Gasteiger partial charge in [-0.25, -0.2) is 0 Å². The van der Waals surface area contributed by atoms with E-state index in [4.69, 9.17) is 9.84 Å². The van der Waals surface area contributed by atoms with Crippen LogP contribution >= 0.6 is 0 Å². The van der Waals surface area contributed by atoms with Gasteiger partial charge in [0.2, 0.25) is 5.91 Å². The molecule has 2 aliphatic rings. The molecule has 2 rings (SSSR count). The molecule has 0 aromatic heterocycles. The molecule has 1 heterocycles. The molecule has 0 spiro atoms. The summed E-state index contributed by atoms with van der Waals surface area (Å²) in [4.78, 5) is 22.4. The lowest BCUT2D eigenvalue weighted by Crippen LogP contribution is -2.43. The van der Waals surface area contributed by atoms with Gasteiger partial charge >= 0.3 is 5.97 Å². The molecule has 2 atom stereocenters. The van der Waals surface area contributed by atoms with Crippen LogP contribution in [0.25, 0.3) is 0 Å². The number of hydrogen-bond donors (Lipinski definition) is 2. The number of amides is 1. The van der Waals surface area contributed by atoms with E-state index in [1.165, 1.54) is 0 Å². The van der Waals surface area contributed by atoms with Crippen molar-refractivity contribution in [2.45, 2.75) is 44.2 Å². The van der Waals surface area contributed by atoms with Crippen molar-refractivity contribution in [3.8, 4) is 0 Å². The first-order valence-electron chi connectivity index (χ1n) is 5.80. The second-order valence-corrected chi connectivity index (χ2v) is 4.55. The summed E-state index contributed by atoms with van der Waals surface area (Å²) in [6, 6.07) is -0.214. The van der Waals surface area contributed by atoms with Crippen molar-refractivity contribution in [2.24, 2.45) is 5.92 Å². The Hall–Kier alpha value is -1.10. The minimum Gasteiger partial charge on any atom is -0.481 e. The third-order valence-corrected chi connectivity index (χ3v) is 3.14. The Labute approximate surface area is 94.2 Å². The van der Waals surface area contributed by atoms with Crippen LogP contribution in [0.15, 0.2) is 0 Å². The minimum atomic E-state index is -0.857. The Morgan fingerprint density at radius 1 is 1.38 bits per heavy atom. The topological polar surface area (TPSA) is 75.6 Å². The van der Waals surface area contributed by atoms with Crippen LogP contribution in [0.1, 0.15) is 32.1 Å². The quantitative estimate of drug-likeness (QED) is 0.718. The van der Waals surface area contributed by atoms with Gasteiger partial charge in [-0.1, -0.05) is 0 Å². The summed E-state index contributed by atoms with van der Waals surface area (Å²) in [7, 11) is 0. The second-order valence-electron chi connectivity index (χ2n) is 4.55. The first-order chi connectivity index (χ1) is 7.66. The molecular weight excluding hydrogens is 210 g/mol. The van der Waals surface area contributed by atoms with E-state index in [2.05, 4.69) is 5.32 Å². The van der Waals surface area contributed by atoms with Gasteiger partial charge in [0.1, 0.15) is 6.10 Å². The van der Waals surface area contributed by atoms with Gasteiger partial charge in [-0.15, -0.1) is 0 Å². The summed E-state index contributed by atoms with van der Waals surface area (Å²) in [5.74, 6) is -0.651. The molecule has 90 valence electrons. The average Bonchev–Trinajstić information content (AvgIpc) is 2.91. The van der Waals surface area contributed by atoms with Crippen LogP contribution in [0, 0.1) is 5.92 Å². The zero-order valence-electron chi connectivity index (χ0n) is 9.15. The molecule has 1 aliphatic heterocycles. The number of aliphatic carboxylic acids is 1. The molecule has 5 nitrogen and oxygen atoms in total. The summed E-state index contributed by atoms with van der Waals surface area (Å²) < 4.78 is 5.26. The van der Waals surface area contributed by atoms with Crippen molar-refractivity contribution in [1.82, 2.24) is 5.32 Å². The zero-order chi connectivity index (χ0) is 11.5. The fraction of sp³-hybridized carbons (Fsp3) is 0.818. The monoisotopic (exact) mass is 227 g/mol. The first-order valence-corrected chi connectivity index (χ1v) is 5.80. The molecule has 0 radical (unpaired) electrons. The van der Waals surface area contributed by atoms with E-state index >= 15 is 0 Å². The van der Waals surface area contributed by atoms with Crippen LogP contribution in [0.3, 0.4) is 0 Å². The summed E-state index contributed by atoms with van der Waals surface area (Å²) in [6.07, 6.45) is 3.34. The van der Waals surface area contributed by atoms with Crippen LogP contribution in [0.4, 0.5) is 0 Å². The number of carbonyl (C=O) groups is 2. The number of ether oxygens (including phenoxy) is 1. The Morgan fingerprint density at radius 2 is 2.12 bits per heavy atom. The third kappa shape index (κ3) is 2.95. The summed E-state index contributed by atoms with van der Waals surface area (Å²) in [5, 5.41) is 11.6. The number of carbonyl (C=O) groups excluding carboxylic acids is 1. The molecule has 5 heteroatoms. The van der Waals surface area contributed by atoms with E-state index in [0.717, 1.165) is 25.7 Å². The highest BCUT2D eigenvalue weighted by Crippen LogP contribution is 2.34. The molecule has 2 N–H and O–H groups in total. The number of rotatable bonds is 5. The highest BCUT2D eigenvalue weighted by Gasteiger charge is 2.35. The first kappa shape index (κ1) is 11.4. The Kier molecular flexibility index (Phi) is 3.43. The van der Waals surface area contributed by atoms with E-state index in [1.807, 2.05) is 0 Å². The molecular formula is C11H17NO4. The highest BCUT2D eigenvalue weighted by molar-refractivity contribution is 5.82. The van der Waals surface area contributed by atoms with E-state index in [0.29, 0.717) is 12.5 Å². The molecule has 2 fully saturated rings. The Bertz CT molecular complexity index is 282. The van der Waals surface area contributed by atoms with Gasteiger partial charge in [0, 0.05) is 12.6 Å². The smallest absolute Gasteiger partial charge is 0.305 e. The molecule has 1 saturated heterocycles. The van der Waals surface area contributed by atoms with Crippen molar-refractivity contribution in [3.05, 3.63) is 0 Å². The molecule has 2 unspecified atom stereocenters. The van der Waals surface area contributed by atoms with Crippen LogP contribution in [-0.4, -0.2) is 35.7 Å². The minimum absolute atomic E-state index is 0.0170. The maximum absolute atomic E-state index is 11.7. The van der Waals surface area contributed by atoms with Crippen LogP contribution in [-0.2, 0) is 14.3 Å². The fourth-order valence-corrected chi connectivity index (χ4v) is 2.08. The number of hydrogen-bond acceptors (Lipinski definition) is 3. The maximum Gasteiger partial charge on any atom is 0.305 e. The SMILES string of the molecule is O=C(O)CC(NC(=O)C1CCCO1)C1CC1. The molecule has 1 aliphatic carbocycles. The lowest BCUT2D eigenvalue weighted by molar-refractivity contribution is -0.138. The van der Waals surface area contributed by atoms with E-state index in [9.17, 15) is 9.59 Å². The Balaban J connectivity index is 1.84. The van der Waals surface area contributed by atoms with E-state index in [1.54, 1.807) is 0 Å². The van der Waals surface area contributed by atoms with Gasteiger partial charge in [-0.2, -0.15) is 0 Å². The second kappa shape index (κ2) is 4.82. The Morgan fingerprint density at radius 3 is 2.62 bits per heavy atom. The predicted octanol–water partition coefficient (Wildman–Crippen LogP) is 0.535. The summed E-state index contributed by atoms with van der Waals surface area (Å²) in [5.41, 5.74) is 0. The normalized spacial score (nSPS) is 26.4. The van der Waals surface area contributed by atoms with Crippen LogP contribution in [0.5, 0.6) is 0 Å². The van der Waals surface area contributed by atoms with Crippen molar-refractivity contribution in [3.63, 3.8) is 0 Å². The van der Waals surface area contributed by atoms with Gasteiger partial charge in [0.15, 0.2) is 0 Å². The van der Waals surface area contributed by atoms with Gasteiger partial charge in [0.25, 0.3) is 0 Å². The van der Waals surface area contributed by atoms with Gasteiger partial charge < -0.3 is 15.2 Å². The molecule has 0 bridgehead atoms. The lowest BCUT2D eigenvalue weighted by Gasteiger charge is -2.18. The zero-order valence-corrected chi connectivity index (χ0v) is 9.15. The summed E-state index contributed by atoms with van der Waals surface area (Å²) in [6.45, 7) is 0.630. The molecule has 0 aromatic rings. The fourth-order valence-electron chi connectivity index (χ4n) is 2.08. The largest absolute Gasteiger partial charge is 0.481 e. The molecule has 0 aromatic carbocycles. The molecule has 16 heavy (non-hydrogen) atoms. The number of carboxylic acid groups (broad SMARTS) is 1. The molecule has 1 saturated carbocycles. The summed E-state index contributed by atoms with van der Waals surface area (Å²) >= 11 is 0.